The number of allylic oxidation sites excluding steroid dienone is 1. The summed E-state index contributed by atoms with van der Waals surface area (Å²) >= 11 is 0. The molecule has 0 radical (unpaired) electrons. The minimum Gasteiger partial charge on any atom is -0.467 e. The van der Waals surface area contributed by atoms with Gasteiger partial charge >= 0.3 is 12.1 Å². The number of nitrogens with zero attached hydrogens (tertiary/aromatic N) is 1. The number of rotatable bonds is 7. The molecule has 0 aromatic rings. The van der Waals surface area contributed by atoms with Crippen LogP contribution in [0.3, 0.4) is 0 Å². The van der Waals surface area contributed by atoms with Crippen molar-refractivity contribution in [3.8, 4) is 0 Å². The number of amides is 2. The van der Waals surface area contributed by atoms with Crippen molar-refractivity contribution in [2.24, 2.45) is 0 Å². The molecule has 1 heterocycles. The summed E-state index contributed by atoms with van der Waals surface area (Å²) in [5.41, 5.74) is -0.679. The van der Waals surface area contributed by atoms with E-state index in [-0.39, 0.29) is 11.9 Å². The van der Waals surface area contributed by atoms with Crippen molar-refractivity contribution < 1.29 is 23.9 Å². The maximum atomic E-state index is 13.1. The predicted molar refractivity (Wildman–Crippen MR) is 98.5 cm³/mol. The first-order chi connectivity index (χ1) is 12.1. The minimum atomic E-state index is -0.824. The molecule has 0 saturated carbocycles. The molecule has 0 spiro atoms. The highest BCUT2D eigenvalue weighted by molar-refractivity contribution is 5.90. The van der Waals surface area contributed by atoms with Crippen LogP contribution in [-0.2, 0) is 19.1 Å². The fourth-order valence-corrected chi connectivity index (χ4v) is 2.93. The van der Waals surface area contributed by atoms with Crippen LogP contribution in [0.5, 0.6) is 0 Å². The van der Waals surface area contributed by atoms with Crippen molar-refractivity contribution in [2.75, 3.05) is 7.11 Å². The fourth-order valence-electron chi connectivity index (χ4n) is 2.93. The summed E-state index contributed by atoms with van der Waals surface area (Å²) in [6, 6.07) is -1.78. The molecule has 7 heteroatoms. The van der Waals surface area contributed by atoms with Gasteiger partial charge < -0.3 is 19.7 Å². The summed E-state index contributed by atoms with van der Waals surface area (Å²) in [5, 5.41) is 2.62. The van der Waals surface area contributed by atoms with Crippen LogP contribution in [0.15, 0.2) is 25.3 Å². The third kappa shape index (κ3) is 5.89. The Bertz CT molecular complexity index is 553. The first-order valence-electron chi connectivity index (χ1n) is 8.77. The average Bonchev–Trinajstić information content (AvgIpc) is 2.99. The molecular weight excluding hydrogens is 336 g/mol. The van der Waals surface area contributed by atoms with Crippen LogP contribution in [0.1, 0.15) is 46.5 Å². The lowest BCUT2D eigenvalue weighted by Gasteiger charge is -2.31. The summed E-state index contributed by atoms with van der Waals surface area (Å²) in [5.74, 6) is -0.821. The van der Waals surface area contributed by atoms with Crippen LogP contribution in [0, 0.1) is 0 Å². The molecule has 0 aliphatic carbocycles. The van der Waals surface area contributed by atoms with E-state index in [9.17, 15) is 14.4 Å². The zero-order valence-electron chi connectivity index (χ0n) is 16.1. The van der Waals surface area contributed by atoms with Crippen LogP contribution in [0.25, 0.3) is 0 Å². The quantitative estimate of drug-likeness (QED) is 0.553. The smallest absolute Gasteiger partial charge is 0.408 e. The SMILES string of the molecule is C=CCC[C@H](NC(=O)OC(C)(C)C)C(=O)N1[C@@H](C=C)CC[C@H]1C(=O)OC. The molecular formula is C19H30N2O5. The number of likely N-dealkylation sites (tertiary alicyclic amines) is 1. The van der Waals surface area contributed by atoms with Crippen molar-refractivity contribution in [3.05, 3.63) is 25.3 Å². The maximum absolute atomic E-state index is 13.1. The lowest BCUT2D eigenvalue weighted by Crippen LogP contribution is -2.54. The van der Waals surface area contributed by atoms with Gasteiger partial charge in [0.1, 0.15) is 17.7 Å². The monoisotopic (exact) mass is 366 g/mol. The number of carbonyl (C=O) groups excluding carboxylic acids is 3. The van der Waals surface area contributed by atoms with E-state index in [2.05, 4.69) is 18.5 Å². The summed E-state index contributed by atoms with van der Waals surface area (Å²) in [6.45, 7) is 12.6. The molecule has 26 heavy (non-hydrogen) atoms. The number of methoxy groups -OCH3 is 1. The molecule has 2 amide bonds. The second kappa shape index (κ2) is 9.40. The fraction of sp³-hybridized carbons (Fsp3) is 0.632. The van der Waals surface area contributed by atoms with E-state index >= 15 is 0 Å². The first-order valence-corrected chi connectivity index (χ1v) is 8.77. The third-order valence-corrected chi connectivity index (χ3v) is 4.08. The van der Waals surface area contributed by atoms with Crippen LogP contribution < -0.4 is 5.32 Å². The van der Waals surface area contributed by atoms with Crippen molar-refractivity contribution in [3.63, 3.8) is 0 Å². The number of esters is 1. The molecule has 3 atom stereocenters. The molecule has 1 aliphatic heterocycles. The van der Waals surface area contributed by atoms with Gasteiger partial charge in [-0.3, -0.25) is 4.79 Å². The van der Waals surface area contributed by atoms with Gasteiger partial charge in [0, 0.05) is 0 Å². The van der Waals surface area contributed by atoms with Gasteiger partial charge in [-0.2, -0.15) is 0 Å². The van der Waals surface area contributed by atoms with E-state index in [1.807, 2.05) is 0 Å². The van der Waals surface area contributed by atoms with Crippen molar-refractivity contribution in [2.45, 2.75) is 70.2 Å². The lowest BCUT2D eigenvalue weighted by molar-refractivity contribution is -0.152. The van der Waals surface area contributed by atoms with Crippen LogP contribution in [-0.4, -0.2) is 53.7 Å². The summed E-state index contributed by atoms with van der Waals surface area (Å²) in [6.07, 6.45) is 4.63. The Balaban J connectivity index is 3.00. The first kappa shape index (κ1) is 21.7. The van der Waals surface area contributed by atoms with E-state index in [1.165, 1.54) is 12.0 Å². The Morgan fingerprint density at radius 2 is 1.92 bits per heavy atom. The lowest BCUT2D eigenvalue weighted by atomic mass is 10.1. The highest BCUT2D eigenvalue weighted by atomic mass is 16.6. The Kier molecular flexibility index (Phi) is 7.86. The van der Waals surface area contributed by atoms with Crippen LogP contribution >= 0.6 is 0 Å². The molecule has 1 aliphatic rings. The zero-order chi connectivity index (χ0) is 19.9. The van der Waals surface area contributed by atoms with E-state index in [1.54, 1.807) is 32.9 Å². The van der Waals surface area contributed by atoms with E-state index < -0.39 is 29.7 Å². The number of nitrogens with one attached hydrogen (secondary N) is 1. The molecule has 7 nitrogen and oxygen atoms in total. The highest BCUT2D eigenvalue weighted by Gasteiger charge is 2.42. The molecule has 0 aromatic carbocycles. The Labute approximate surface area is 155 Å². The van der Waals surface area contributed by atoms with Gasteiger partial charge in [0.2, 0.25) is 5.91 Å². The van der Waals surface area contributed by atoms with Crippen molar-refractivity contribution >= 4 is 18.0 Å². The molecule has 0 bridgehead atoms. The normalized spacial score (nSPS) is 20.8. The van der Waals surface area contributed by atoms with E-state index in [0.717, 1.165) is 0 Å². The Morgan fingerprint density at radius 1 is 1.27 bits per heavy atom. The van der Waals surface area contributed by atoms with E-state index in [4.69, 9.17) is 9.47 Å². The molecule has 0 unspecified atom stereocenters. The number of ether oxygens (including phenoxy) is 2. The zero-order valence-corrected chi connectivity index (χ0v) is 16.1. The number of alkyl carbamates (subject to hydrolysis) is 1. The highest BCUT2D eigenvalue weighted by Crippen LogP contribution is 2.27. The molecule has 1 saturated heterocycles. The van der Waals surface area contributed by atoms with Gasteiger partial charge in [-0.15, -0.1) is 13.2 Å². The van der Waals surface area contributed by atoms with Crippen LogP contribution in [0.2, 0.25) is 0 Å². The predicted octanol–water partition coefficient (Wildman–Crippen LogP) is 2.56. The van der Waals surface area contributed by atoms with Gasteiger partial charge in [-0.1, -0.05) is 12.2 Å². The molecule has 1 rings (SSSR count). The van der Waals surface area contributed by atoms with Gasteiger partial charge in [-0.25, -0.2) is 9.59 Å². The third-order valence-electron chi connectivity index (χ3n) is 4.08. The van der Waals surface area contributed by atoms with Crippen molar-refractivity contribution in [1.29, 1.82) is 0 Å². The van der Waals surface area contributed by atoms with Gasteiger partial charge in [0.15, 0.2) is 0 Å². The maximum Gasteiger partial charge on any atom is 0.408 e. The van der Waals surface area contributed by atoms with E-state index in [0.29, 0.717) is 25.7 Å². The van der Waals surface area contributed by atoms with Gasteiger partial charge in [-0.05, 0) is 46.5 Å². The summed E-state index contributed by atoms with van der Waals surface area (Å²) < 4.78 is 10.1. The molecule has 146 valence electrons. The van der Waals surface area contributed by atoms with Gasteiger partial charge in [0.25, 0.3) is 0 Å². The Hall–Kier alpha value is -2.31. The number of carbonyl (C=O) groups is 3. The number of hydrogen-bond acceptors (Lipinski definition) is 5. The van der Waals surface area contributed by atoms with Crippen molar-refractivity contribution in [1.82, 2.24) is 10.2 Å². The second-order valence-corrected chi connectivity index (χ2v) is 7.23. The largest absolute Gasteiger partial charge is 0.467 e. The molecule has 1 N–H and O–H groups in total. The second-order valence-electron chi connectivity index (χ2n) is 7.23. The van der Waals surface area contributed by atoms with Gasteiger partial charge in [0.05, 0.1) is 13.2 Å². The Morgan fingerprint density at radius 3 is 2.42 bits per heavy atom. The topological polar surface area (TPSA) is 84.9 Å². The van der Waals surface area contributed by atoms with Crippen LogP contribution in [0.4, 0.5) is 4.79 Å². The number of hydrogen-bond donors (Lipinski definition) is 1. The summed E-state index contributed by atoms with van der Waals surface area (Å²) in [7, 11) is 1.29. The molecule has 1 fully saturated rings. The standard InChI is InChI=1S/C19H30N2O5/c1-7-9-10-14(20-18(24)26-19(3,4)5)16(22)21-13(8-2)11-12-15(21)17(23)25-6/h7-8,13-15H,1-2,9-12H2,3-6H3,(H,20,24)/t13-,14-,15-/m0/s1. The average molecular weight is 366 g/mol. The minimum absolute atomic E-state index is 0.279. The summed E-state index contributed by atoms with van der Waals surface area (Å²) in [4.78, 5) is 38.8. The molecule has 0 aromatic heterocycles.